The molecular weight excluding hydrogens is 210 g/mol. The van der Waals surface area contributed by atoms with Gasteiger partial charge in [-0.25, -0.2) is 4.99 Å². The van der Waals surface area contributed by atoms with Crippen molar-refractivity contribution >= 4 is 17.4 Å². The average Bonchev–Trinajstić information content (AvgIpc) is 2.65. The van der Waals surface area contributed by atoms with Crippen molar-refractivity contribution in [1.29, 1.82) is 0 Å². The van der Waals surface area contributed by atoms with Crippen molar-refractivity contribution in [3.05, 3.63) is 34.4 Å². The maximum Gasteiger partial charge on any atom is 0.289 e. The van der Waals surface area contributed by atoms with E-state index in [1.54, 1.807) is 12.1 Å². The number of hydrogen-bond acceptors (Lipinski definition) is 5. The Hall–Kier alpha value is -2.11. The second-order valence-electron chi connectivity index (χ2n) is 3.50. The van der Waals surface area contributed by atoms with Crippen molar-refractivity contribution in [3.8, 4) is 0 Å². The summed E-state index contributed by atoms with van der Waals surface area (Å²) in [4.78, 5) is 14.1. The van der Waals surface area contributed by atoms with Gasteiger partial charge in [-0.1, -0.05) is 0 Å². The molecule has 16 heavy (non-hydrogen) atoms. The summed E-state index contributed by atoms with van der Waals surface area (Å²) < 4.78 is 5.35. The Balaban J connectivity index is 2.03. The van der Waals surface area contributed by atoms with E-state index in [1.807, 2.05) is 6.92 Å². The number of ether oxygens (including phenoxy) is 1. The highest BCUT2D eigenvalue weighted by molar-refractivity contribution is 5.90. The molecule has 6 heteroatoms. The number of hydrogen-bond donors (Lipinski definition) is 1. The molecule has 0 aromatic heterocycles. The number of amidine groups is 1. The minimum atomic E-state index is -0.435. The van der Waals surface area contributed by atoms with Crippen LogP contribution in [0.15, 0.2) is 29.3 Å². The largest absolute Gasteiger partial charge is 0.460 e. The van der Waals surface area contributed by atoms with Gasteiger partial charge in [0, 0.05) is 17.8 Å². The van der Waals surface area contributed by atoms with Crippen LogP contribution in [-0.4, -0.2) is 23.6 Å². The number of nitro groups is 1. The summed E-state index contributed by atoms with van der Waals surface area (Å²) in [5.41, 5.74) is 0.784. The number of aliphatic imine (C=N–C) groups is 1. The van der Waals surface area contributed by atoms with Gasteiger partial charge in [0.2, 0.25) is 0 Å². The number of anilines is 1. The molecule has 1 atom stereocenters. The van der Waals surface area contributed by atoms with E-state index in [9.17, 15) is 10.1 Å². The summed E-state index contributed by atoms with van der Waals surface area (Å²) in [6.45, 7) is 2.56. The molecule has 1 heterocycles. The van der Waals surface area contributed by atoms with Gasteiger partial charge in [0.05, 0.1) is 11.5 Å². The van der Waals surface area contributed by atoms with Gasteiger partial charge in [0.25, 0.3) is 11.7 Å². The first kappa shape index (κ1) is 10.4. The molecule has 1 aromatic carbocycles. The number of nitrogens with zero attached hydrogens (tertiary/aromatic N) is 2. The predicted octanol–water partition coefficient (Wildman–Crippen LogP) is 1.78. The zero-order valence-corrected chi connectivity index (χ0v) is 8.71. The van der Waals surface area contributed by atoms with Crippen molar-refractivity contribution < 1.29 is 9.66 Å². The van der Waals surface area contributed by atoms with Crippen LogP contribution in [0.1, 0.15) is 6.92 Å². The lowest BCUT2D eigenvalue weighted by Crippen LogP contribution is -2.15. The maximum atomic E-state index is 10.4. The van der Waals surface area contributed by atoms with Gasteiger partial charge >= 0.3 is 0 Å². The first-order valence-electron chi connectivity index (χ1n) is 4.88. The van der Waals surface area contributed by atoms with Gasteiger partial charge in [0.1, 0.15) is 6.10 Å². The smallest absolute Gasteiger partial charge is 0.289 e. The van der Waals surface area contributed by atoms with Crippen molar-refractivity contribution in [3.63, 3.8) is 0 Å². The summed E-state index contributed by atoms with van der Waals surface area (Å²) >= 11 is 0. The zero-order valence-electron chi connectivity index (χ0n) is 8.71. The van der Waals surface area contributed by atoms with Gasteiger partial charge in [-0.15, -0.1) is 0 Å². The lowest BCUT2D eigenvalue weighted by molar-refractivity contribution is -0.384. The van der Waals surface area contributed by atoms with Crippen LogP contribution in [0.2, 0.25) is 0 Å². The zero-order chi connectivity index (χ0) is 11.5. The summed E-state index contributed by atoms with van der Waals surface area (Å²) in [5, 5.41) is 13.4. The molecule has 0 saturated heterocycles. The number of non-ortho nitro benzene ring substituents is 1. The maximum absolute atomic E-state index is 10.4. The van der Waals surface area contributed by atoms with Crippen LogP contribution < -0.4 is 5.32 Å². The minimum absolute atomic E-state index is 0.0631. The van der Waals surface area contributed by atoms with Crippen LogP contribution in [0.4, 0.5) is 11.4 Å². The van der Waals surface area contributed by atoms with E-state index in [-0.39, 0.29) is 11.8 Å². The highest BCUT2D eigenvalue weighted by Crippen LogP contribution is 2.16. The molecule has 2 rings (SSSR count). The topological polar surface area (TPSA) is 76.8 Å². The number of benzene rings is 1. The summed E-state index contributed by atoms with van der Waals surface area (Å²) in [7, 11) is 0. The lowest BCUT2D eigenvalue weighted by atomic mass is 10.3. The Morgan fingerprint density at radius 3 is 2.69 bits per heavy atom. The van der Waals surface area contributed by atoms with Crippen LogP contribution in [0, 0.1) is 10.1 Å². The Kier molecular flexibility index (Phi) is 2.72. The third-order valence-corrected chi connectivity index (χ3v) is 2.13. The minimum Gasteiger partial charge on any atom is -0.460 e. The molecule has 1 unspecified atom stereocenters. The Labute approximate surface area is 92.1 Å². The van der Waals surface area contributed by atoms with Crippen molar-refractivity contribution in [2.24, 2.45) is 4.99 Å². The fourth-order valence-electron chi connectivity index (χ4n) is 1.34. The van der Waals surface area contributed by atoms with Crippen molar-refractivity contribution in [2.75, 3.05) is 11.9 Å². The molecule has 84 valence electrons. The standard InChI is InChI=1S/C10H11N3O3/c1-7-6-11-10(16-7)12-8-2-4-9(5-3-8)13(14)15/h2-5,7H,6H2,1H3,(H,11,12). The third-order valence-electron chi connectivity index (χ3n) is 2.13. The molecule has 0 aliphatic carbocycles. The Morgan fingerprint density at radius 1 is 1.50 bits per heavy atom. The quantitative estimate of drug-likeness (QED) is 0.610. The molecule has 1 aliphatic heterocycles. The first-order chi connectivity index (χ1) is 7.65. The average molecular weight is 221 g/mol. The second kappa shape index (κ2) is 4.18. The molecule has 6 nitrogen and oxygen atoms in total. The fourth-order valence-corrected chi connectivity index (χ4v) is 1.34. The SMILES string of the molecule is CC1CN=C(Nc2ccc([N+](=O)[O-])cc2)O1. The second-order valence-corrected chi connectivity index (χ2v) is 3.50. The predicted molar refractivity (Wildman–Crippen MR) is 59.6 cm³/mol. The van der Waals surface area contributed by atoms with Crippen molar-refractivity contribution in [2.45, 2.75) is 13.0 Å². The third kappa shape index (κ3) is 2.28. The van der Waals surface area contributed by atoms with Gasteiger partial charge in [-0.3, -0.25) is 10.1 Å². The molecule has 0 saturated carbocycles. The van der Waals surface area contributed by atoms with Crippen LogP contribution in [0.3, 0.4) is 0 Å². The highest BCUT2D eigenvalue weighted by atomic mass is 16.6. The summed E-state index contributed by atoms with van der Waals surface area (Å²) in [6.07, 6.45) is 0.0838. The fraction of sp³-hybridized carbons (Fsp3) is 0.300. The normalized spacial score (nSPS) is 18.8. The monoisotopic (exact) mass is 221 g/mol. The number of nitrogens with one attached hydrogen (secondary N) is 1. The van der Waals surface area contributed by atoms with E-state index in [1.165, 1.54) is 12.1 Å². The Bertz CT molecular complexity index is 427. The first-order valence-corrected chi connectivity index (χ1v) is 4.88. The molecule has 0 spiro atoms. The lowest BCUT2D eigenvalue weighted by Gasteiger charge is -2.07. The molecule has 0 fully saturated rings. The van der Waals surface area contributed by atoms with Gasteiger partial charge < -0.3 is 10.1 Å². The highest BCUT2D eigenvalue weighted by Gasteiger charge is 2.15. The number of nitro benzene ring substituents is 1. The molecule has 0 radical (unpaired) electrons. The van der Waals surface area contributed by atoms with Gasteiger partial charge in [-0.2, -0.15) is 0 Å². The van der Waals surface area contributed by atoms with E-state index in [2.05, 4.69) is 10.3 Å². The van der Waals surface area contributed by atoms with Gasteiger partial charge in [-0.05, 0) is 19.1 Å². The molecule has 1 N–H and O–H groups in total. The summed E-state index contributed by atoms with van der Waals surface area (Å²) in [6, 6.07) is 6.56. The van der Waals surface area contributed by atoms with E-state index < -0.39 is 4.92 Å². The molecule has 0 bridgehead atoms. The van der Waals surface area contributed by atoms with E-state index in [0.29, 0.717) is 12.6 Å². The van der Waals surface area contributed by atoms with Crippen molar-refractivity contribution in [1.82, 2.24) is 0 Å². The Morgan fingerprint density at radius 2 is 2.19 bits per heavy atom. The van der Waals surface area contributed by atoms with Crippen LogP contribution in [-0.2, 0) is 4.74 Å². The number of rotatable bonds is 2. The van der Waals surface area contributed by atoms with Crippen LogP contribution >= 0.6 is 0 Å². The van der Waals surface area contributed by atoms with E-state index in [4.69, 9.17) is 4.74 Å². The summed E-state index contributed by atoms with van der Waals surface area (Å²) in [5.74, 6) is 0. The molecule has 1 aliphatic rings. The van der Waals surface area contributed by atoms with Crippen LogP contribution in [0.5, 0.6) is 0 Å². The van der Waals surface area contributed by atoms with Crippen LogP contribution in [0.25, 0.3) is 0 Å². The van der Waals surface area contributed by atoms with E-state index >= 15 is 0 Å². The molecular formula is C10H11N3O3. The molecule has 0 amide bonds. The van der Waals surface area contributed by atoms with Gasteiger partial charge in [0.15, 0.2) is 0 Å². The molecule has 1 aromatic rings. The van der Waals surface area contributed by atoms with E-state index in [0.717, 1.165) is 5.69 Å².